The van der Waals surface area contributed by atoms with E-state index < -0.39 is 23.4 Å². The summed E-state index contributed by atoms with van der Waals surface area (Å²) in [5.41, 5.74) is -0.268. The number of benzene rings is 1. The maximum atomic E-state index is 14.2. The average Bonchev–Trinajstić information content (AvgIpc) is 2.73. The average molecular weight is 439 g/mol. The molecule has 0 aromatic heterocycles. The number of allylic oxidation sites excluding steroid dienone is 2. The van der Waals surface area contributed by atoms with Crippen molar-refractivity contribution >= 4 is 0 Å². The zero-order chi connectivity index (χ0) is 22.4. The van der Waals surface area contributed by atoms with E-state index in [9.17, 15) is 22.0 Å². The van der Waals surface area contributed by atoms with Crippen LogP contribution in [0.25, 0.3) is 0 Å². The molecule has 1 aromatic carbocycles. The standard InChI is InChI=1S/C26H31F5/c1-2-3-4-5-18-6-8-19(9-7-18)20-10-12-21(13-11-20)22-16-24(27)23(25(28)17-22)14-15-26(29,30)31/h4-5,16-21H,2-3,6-13H2,1H3. The lowest BCUT2D eigenvalue weighted by Crippen LogP contribution is -2.25. The maximum Gasteiger partial charge on any atom is 0.458 e. The highest BCUT2D eigenvalue weighted by atomic mass is 19.4. The largest absolute Gasteiger partial charge is 0.458 e. The summed E-state index contributed by atoms with van der Waals surface area (Å²) < 4.78 is 65.2. The molecule has 2 aliphatic rings. The fourth-order valence-electron chi connectivity index (χ4n) is 5.27. The van der Waals surface area contributed by atoms with Gasteiger partial charge in [0.25, 0.3) is 0 Å². The van der Waals surface area contributed by atoms with E-state index in [0.29, 0.717) is 17.4 Å². The molecule has 0 amide bonds. The van der Waals surface area contributed by atoms with Crippen molar-refractivity contribution in [2.24, 2.45) is 17.8 Å². The first kappa shape index (κ1) is 23.8. The van der Waals surface area contributed by atoms with Crippen LogP contribution in [0.4, 0.5) is 22.0 Å². The second-order valence-corrected chi connectivity index (χ2v) is 9.11. The van der Waals surface area contributed by atoms with Gasteiger partial charge in [-0.05, 0) is 99.2 Å². The van der Waals surface area contributed by atoms with Crippen LogP contribution in [0.1, 0.15) is 88.2 Å². The number of alkyl halides is 3. The number of unbranched alkanes of at least 4 members (excludes halogenated alkanes) is 1. The highest BCUT2D eigenvalue weighted by Crippen LogP contribution is 2.44. The van der Waals surface area contributed by atoms with E-state index in [2.05, 4.69) is 19.1 Å². The summed E-state index contributed by atoms with van der Waals surface area (Å²) in [5, 5.41) is 0. The first-order valence-electron chi connectivity index (χ1n) is 11.5. The summed E-state index contributed by atoms with van der Waals surface area (Å²) in [6.07, 6.45) is 11.1. The highest BCUT2D eigenvalue weighted by Gasteiger charge is 2.31. The molecule has 1 aromatic rings. The van der Waals surface area contributed by atoms with Gasteiger partial charge in [-0.15, -0.1) is 0 Å². The molecular weight excluding hydrogens is 407 g/mol. The minimum atomic E-state index is -4.78. The molecule has 2 aliphatic carbocycles. The van der Waals surface area contributed by atoms with E-state index in [-0.39, 0.29) is 5.92 Å². The second-order valence-electron chi connectivity index (χ2n) is 9.11. The number of hydrogen-bond donors (Lipinski definition) is 0. The van der Waals surface area contributed by atoms with Gasteiger partial charge in [0.1, 0.15) is 11.6 Å². The van der Waals surface area contributed by atoms with Crippen LogP contribution >= 0.6 is 0 Å². The molecule has 3 rings (SSSR count). The van der Waals surface area contributed by atoms with Crippen molar-refractivity contribution < 1.29 is 22.0 Å². The molecule has 31 heavy (non-hydrogen) atoms. The summed E-state index contributed by atoms with van der Waals surface area (Å²) >= 11 is 0. The summed E-state index contributed by atoms with van der Waals surface area (Å²) in [4.78, 5) is 0. The SMILES string of the molecule is CCCC=CC1CCC(C2CCC(c3cc(F)c(C#CC(F)(F)F)c(F)c3)CC2)CC1. The van der Waals surface area contributed by atoms with Gasteiger partial charge in [0.05, 0.1) is 5.56 Å². The monoisotopic (exact) mass is 438 g/mol. The lowest BCUT2D eigenvalue weighted by atomic mass is 9.68. The van der Waals surface area contributed by atoms with Crippen molar-refractivity contribution in [2.75, 3.05) is 0 Å². The molecule has 0 N–H and O–H groups in total. The van der Waals surface area contributed by atoms with Crippen LogP contribution in [0.15, 0.2) is 24.3 Å². The summed E-state index contributed by atoms with van der Waals surface area (Å²) in [6.45, 7) is 2.19. The predicted octanol–water partition coefficient (Wildman–Crippen LogP) is 8.32. The number of hydrogen-bond acceptors (Lipinski definition) is 0. The Morgan fingerprint density at radius 1 is 0.903 bits per heavy atom. The molecule has 0 spiro atoms. The Balaban J connectivity index is 1.55. The van der Waals surface area contributed by atoms with Gasteiger partial charge < -0.3 is 0 Å². The quantitative estimate of drug-likeness (QED) is 0.246. The van der Waals surface area contributed by atoms with Crippen LogP contribution in [-0.4, -0.2) is 6.18 Å². The maximum absolute atomic E-state index is 14.2. The molecule has 0 saturated heterocycles. The molecule has 0 radical (unpaired) electrons. The van der Waals surface area contributed by atoms with Gasteiger partial charge in [0, 0.05) is 5.92 Å². The number of halogens is 5. The van der Waals surface area contributed by atoms with Crippen LogP contribution in [0, 0.1) is 41.2 Å². The lowest BCUT2D eigenvalue weighted by Gasteiger charge is -2.37. The van der Waals surface area contributed by atoms with Gasteiger partial charge in [-0.3, -0.25) is 0 Å². The second kappa shape index (κ2) is 10.7. The predicted molar refractivity (Wildman–Crippen MR) is 113 cm³/mol. The van der Waals surface area contributed by atoms with Gasteiger partial charge in [0.2, 0.25) is 0 Å². The molecule has 2 saturated carbocycles. The molecule has 170 valence electrons. The fraction of sp³-hybridized carbons (Fsp3) is 0.615. The lowest BCUT2D eigenvalue weighted by molar-refractivity contribution is -0.0696. The van der Waals surface area contributed by atoms with Crippen LogP contribution in [0.2, 0.25) is 0 Å². The van der Waals surface area contributed by atoms with E-state index in [0.717, 1.165) is 43.9 Å². The first-order chi connectivity index (χ1) is 14.8. The number of rotatable bonds is 5. The molecule has 5 heteroatoms. The fourth-order valence-corrected chi connectivity index (χ4v) is 5.27. The third-order valence-corrected chi connectivity index (χ3v) is 6.98. The Kier molecular flexibility index (Phi) is 8.19. The van der Waals surface area contributed by atoms with Gasteiger partial charge in [-0.1, -0.05) is 31.4 Å². The van der Waals surface area contributed by atoms with Crippen LogP contribution in [0.3, 0.4) is 0 Å². The molecule has 2 fully saturated rings. The van der Waals surface area contributed by atoms with Gasteiger partial charge in [-0.2, -0.15) is 13.2 Å². The highest BCUT2D eigenvalue weighted by molar-refractivity contribution is 5.40. The minimum absolute atomic E-state index is 0.0539. The van der Waals surface area contributed by atoms with Crippen molar-refractivity contribution in [1.82, 2.24) is 0 Å². The molecule has 0 unspecified atom stereocenters. The molecular formula is C26H31F5. The Hall–Kier alpha value is -1.83. The Labute approximate surface area is 182 Å². The zero-order valence-corrected chi connectivity index (χ0v) is 18.1. The van der Waals surface area contributed by atoms with E-state index in [1.54, 1.807) is 5.92 Å². The van der Waals surface area contributed by atoms with Gasteiger partial charge in [-0.25, -0.2) is 8.78 Å². The first-order valence-corrected chi connectivity index (χ1v) is 11.5. The Bertz CT molecular complexity index is 787. The van der Waals surface area contributed by atoms with Crippen LogP contribution in [0.5, 0.6) is 0 Å². The van der Waals surface area contributed by atoms with Gasteiger partial charge in [0.15, 0.2) is 0 Å². The van der Waals surface area contributed by atoms with Crippen molar-refractivity contribution in [3.63, 3.8) is 0 Å². The Morgan fingerprint density at radius 2 is 1.45 bits per heavy atom. The van der Waals surface area contributed by atoms with E-state index in [1.165, 1.54) is 44.2 Å². The topological polar surface area (TPSA) is 0 Å². The van der Waals surface area contributed by atoms with E-state index >= 15 is 0 Å². The molecule has 0 heterocycles. The third-order valence-electron chi connectivity index (χ3n) is 6.98. The summed E-state index contributed by atoms with van der Waals surface area (Å²) in [7, 11) is 0. The zero-order valence-electron chi connectivity index (χ0n) is 18.1. The Morgan fingerprint density at radius 3 is 1.97 bits per heavy atom. The van der Waals surface area contributed by atoms with Crippen LogP contribution < -0.4 is 0 Å². The summed E-state index contributed by atoms with van der Waals surface area (Å²) in [5.74, 6) is 2.69. The van der Waals surface area contributed by atoms with Crippen molar-refractivity contribution in [3.05, 3.63) is 47.0 Å². The van der Waals surface area contributed by atoms with Crippen LogP contribution in [-0.2, 0) is 0 Å². The third kappa shape index (κ3) is 6.82. The van der Waals surface area contributed by atoms with Crippen molar-refractivity contribution in [1.29, 1.82) is 0 Å². The van der Waals surface area contributed by atoms with Crippen molar-refractivity contribution in [2.45, 2.75) is 83.2 Å². The van der Waals surface area contributed by atoms with E-state index in [1.807, 2.05) is 0 Å². The molecule has 0 bridgehead atoms. The van der Waals surface area contributed by atoms with Gasteiger partial charge >= 0.3 is 6.18 Å². The van der Waals surface area contributed by atoms with Crippen molar-refractivity contribution in [3.8, 4) is 11.8 Å². The molecule has 0 nitrogen and oxygen atoms in total. The molecule has 0 atom stereocenters. The molecule has 0 aliphatic heterocycles. The smallest absolute Gasteiger partial charge is 0.206 e. The van der Waals surface area contributed by atoms with E-state index in [4.69, 9.17) is 0 Å². The normalized spacial score (nSPS) is 27.2. The summed E-state index contributed by atoms with van der Waals surface area (Å²) in [6, 6.07) is 2.34. The minimum Gasteiger partial charge on any atom is -0.206 e.